The fourth-order valence-electron chi connectivity index (χ4n) is 2.09. The molecular weight excluding hydrogens is 238 g/mol. The van der Waals surface area contributed by atoms with Gasteiger partial charge in [-0.2, -0.15) is 0 Å². The molecule has 0 aliphatic rings. The summed E-state index contributed by atoms with van der Waals surface area (Å²) in [5.41, 5.74) is 7.36. The number of fused-ring (bicyclic) bond motifs is 1. The summed E-state index contributed by atoms with van der Waals surface area (Å²) in [6.45, 7) is 8.36. The van der Waals surface area contributed by atoms with Gasteiger partial charge in [-0.05, 0) is 31.3 Å². The molecule has 2 aromatic rings. The van der Waals surface area contributed by atoms with Crippen molar-refractivity contribution in [2.75, 3.05) is 37.2 Å². The largest absolute Gasteiger partial charge is 0.399 e. The van der Waals surface area contributed by atoms with Crippen molar-refractivity contribution in [2.24, 2.45) is 0 Å². The summed E-state index contributed by atoms with van der Waals surface area (Å²) in [7, 11) is 0. The number of nitrogens with zero attached hydrogens (tertiary/aromatic N) is 3. The summed E-state index contributed by atoms with van der Waals surface area (Å²) in [5.74, 6) is 0.872. The van der Waals surface area contributed by atoms with Crippen molar-refractivity contribution in [1.82, 2.24) is 14.9 Å². The van der Waals surface area contributed by atoms with Crippen LogP contribution in [0.4, 0.5) is 11.5 Å². The number of nitrogen functional groups attached to an aromatic ring is 1. The molecule has 1 aromatic carbocycles. The van der Waals surface area contributed by atoms with Crippen LogP contribution in [-0.2, 0) is 0 Å². The molecular formula is C14H21N5. The van der Waals surface area contributed by atoms with Crippen LogP contribution in [0.5, 0.6) is 0 Å². The number of aromatic nitrogens is 2. The van der Waals surface area contributed by atoms with Gasteiger partial charge >= 0.3 is 0 Å². The van der Waals surface area contributed by atoms with E-state index in [1.807, 2.05) is 18.2 Å². The summed E-state index contributed by atoms with van der Waals surface area (Å²) in [4.78, 5) is 10.9. The Balaban J connectivity index is 2.08. The highest BCUT2D eigenvalue weighted by Crippen LogP contribution is 2.20. The molecule has 0 aliphatic heterocycles. The lowest BCUT2D eigenvalue weighted by Crippen LogP contribution is -2.28. The van der Waals surface area contributed by atoms with E-state index in [1.165, 1.54) is 0 Å². The molecule has 0 amide bonds. The van der Waals surface area contributed by atoms with Crippen molar-refractivity contribution in [3.05, 3.63) is 24.5 Å². The maximum atomic E-state index is 5.76. The van der Waals surface area contributed by atoms with Crippen molar-refractivity contribution < 1.29 is 0 Å². The number of hydrogen-bond acceptors (Lipinski definition) is 5. The minimum absolute atomic E-state index is 0.722. The average molecular weight is 259 g/mol. The van der Waals surface area contributed by atoms with Gasteiger partial charge in [0.05, 0.1) is 5.52 Å². The van der Waals surface area contributed by atoms with E-state index in [9.17, 15) is 0 Å². The lowest BCUT2D eigenvalue weighted by atomic mass is 10.2. The number of anilines is 2. The van der Waals surface area contributed by atoms with Gasteiger partial charge in [0.15, 0.2) is 0 Å². The first-order chi connectivity index (χ1) is 9.24. The molecule has 0 saturated carbocycles. The van der Waals surface area contributed by atoms with E-state index < -0.39 is 0 Å². The van der Waals surface area contributed by atoms with Crippen LogP contribution < -0.4 is 11.1 Å². The molecule has 0 atom stereocenters. The first kappa shape index (κ1) is 13.5. The molecule has 1 heterocycles. The molecule has 0 bridgehead atoms. The van der Waals surface area contributed by atoms with Gasteiger partial charge in [-0.3, -0.25) is 0 Å². The van der Waals surface area contributed by atoms with Gasteiger partial charge in [-0.1, -0.05) is 13.8 Å². The normalized spacial score (nSPS) is 11.1. The molecule has 3 N–H and O–H groups in total. The monoisotopic (exact) mass is 259 g/mol. The molecule has 2 rings (SSSR count). The third-order valence-electron chi connectivity index (χ3n) is 3.28. The zero-order valence-electron chi connectivity index (χ0n) is 11.6. The lowest BCUT2D eigenvalue weighted by Gasteiger charge is -2.18. The summed E-state index contributed by atoms with van der Waals surface area (Å²) in [6, 6.07) is 5.71. The van der Waals surface area contributed by atoms with Gasteiger partial charge in [0.25, 0.3) is 0 Å². The van der Waals surface area contributed by atoms with E-state index >= 15 is 0 Å². The van der Waals surface area contributed by atoms with Crippen LogP contribution in [0.1, 0.15) is 13.8 Å². The number of benzene rings is 1. The third-order valence-corrected chi connectivity index (χ3v) is 3.28. The van der Waals surface area contributed by atoms with Crippen LogP contribution in [0.2, 0.25) is 0 Å². The van der Waals surface area contributed by atoms with E-state index in [0.29, 0.717) is 0 Å². The SMILES string of the molecule is CCN(CC)CCNc1ncnc2cc(N)ccc12. The van der Waals surface area contributed by atoms with E-state index in [2.05, 4.69) is 34.0 Å². The Morgan fingerprint density at radius 1 is 1.21 bits per heavy atom. The molecule has 0 unspecified atom stereocenters. The van der Waals surface area contributed by atoms with E-state index in [1.54, 1.807) is 6.33 Å². The van der Waals surface area contributed by atoms with Crippen LogP contribution in [-0.4, -0.2) is 41.0 Å². The van der Waals surface area contributed by atoms with Crippen molar-refractivity contribution in [1.29, 1.82) is 0 Å². The zero-order chi connectivity index (χ0) is 13.7. The summed E-state index contributed by atoms with van der Waals surface area (Å²) < 4.78 is 0. The summed E-state index contributed by atoms with van der Waals surface area (Å²) >= 11 is 0. The van der Waals surface area contributed by atoms with Crippen molar-refractivity contribution >= 4 is 22.4 Å². The first-order valence-electron chi connectivity index (χ1n) is 6.71. The quantitative estimate of drug-likeness (QED) is 0.776. The Hall–Kier alpha value is -1.88. The van der Waals surface area contributed by atoms with Crippen molar-refractivity contribution in [2.45, 2.75) is 13.8 Å². The van der Waals surface area contributed by atoms with Crippen LogP contribution in [0, 0.1) is 0 Å². The molecule has 0 fully saturated rings. The number of nitrogens with one attached hydrogen (secondary N) is 1. The lowest BCUT2D eigenvalue weighted by molar-refractivity contribution is 0.316. The predicted octanol–water partition coefficient (Wildman–Crippen LogP) is 1.97. The second-order valence-electron chi connectivity index (χ2n) is 4.45. The predicted molar refractivity (Wildman–Crippen MR) is 80.2 cm³/mol. The Morgan fingerprint density at radius 3 is 2.74 bits per heavy atom. The highest BCUT2D eigenvalue weighted by molar-refractivity contribution is 5.90. The van der Waals surface area contributed by atoms with Gasteiger partial charge < -0.3 is 16.0 Å². The first-order valence-corrected chi connectivity index (χ1v) is 6.71. The molecule has 19 heavy (non-hydrogen) atoms. The Morgan fingerprint density at radius 2 is 2.00 bits per heavy atom. The second-order valence-corrected chi connectivity index (χ2v) is 4.45. The smallest absolute Gasteiger partial charge is 0.137 e. The van der Waals surface area contributed by atoms with Gasteiger partial charge in [-0.15, -0.1) is 0 Å². The molecule has 5 nitrogen and oxygen atoms in total. The Labute approximate surface area is 113 Å². The minimum Gasteiger partial charge on any atom is -0.399 e. The van der Waals surface area contributed by atoms with E-state index in [-0.39, 0.29) is 0 Å². The zero-order valence-corrected chi connectivity index (χ0v) is 11.6. The topological polar surface area (TPSA) is 67.1 Å². The van der Waals surface area contributed by atoms with Gasteiger partial charge in [0.1, 0.15) is 12.1 Å². The maximum Gasteiger partial charge on any atom is 0.137 e. The maximum absolute atomic E-state index is 5.76. The van der Waals surface area contributed by atoms with Gasteiger partial charge in [-0.25, -0.2) is 9.97 Å². The molecule has 0 aliphatic carbocycles. The van der Waals surface area contributed by atoms with Crippen molar-refractivity contribution in [3.63, 3.8) is 0 Å². The molecule has 102 valence electrons. The molecule has 0 saturated heterocycles. The van der Waals surface area contributed by atoms with Gasteiger partial charge in [0, 0.05) is 24.2 Å². The number of hydrogen-bond donors (Lipinski definition) is 2. The number of likely N-dealkylation sites (N-methyl/N-ethyl adjacent to an activating group) is 1. The van der Waals surface area contributed by atoms with Crippen LogP contribution in [0.3, 0.4) is 0 Å². The van der Waals surface area contributed by atoms with Crippen LogP contribution >= 0.6 is 0 Å². The molecule has 0 radical (unpaired) electrons. The summed E-state index contributed by atoms with van der Waals surface area (Å²) in [5, 5.41) is 4.38. The number of rotatable bonds is 6. The van der Waals surface area contributed by atoms with Crippen LogP contribution in [0.15, 0.2) is 24.5 Å². The molecule has 1 aromatic heterocycles. The fraction of sp³-hybridized carbons (Fsp3) is 0.429. The second kappa shape index (κ2) is 6.33. The third kappa shape index (κ3) is 3.32. The Kier molecular flexibility index (Phi) is 4.52. The highest BCUT2D eigenvalue weighted by atomic mass is 15.1. The van der Waals surface area contributed by atoms with Gasteiger partial charge in [0.2, 0.25) is 0 Å². The van der Waals surface area contributed by atoms with E-state index in [4.69, 9.17) is 5.73 Å². The number of nitrogens with two attached hydrogens (primary N) is 1. The highest BCUT2D eigenvalue weighted by Gasteiger charge is 2.04. The summed E-state index contributed by atoms with van der Waals surface area (Å²) in [6.07, 6.45) is 1.57. The van der Waals surface area contributed by atoms with E-state index in [0.717, 1.165) is 48.6 Å². The minimum atomic E-state index is 0.722. The van der Waals surface area contributed by atoms with Crippen LogP contribution in [0.25, 0.3) is 10.9 Å². The average Bonchev–Trinajstić information content (AvgIpc) is 2.43. The standard InChI is InChI=1S/C14H21N5/c1-3-19(4-2)8-7-16-14-12-6-5-11(15)9-13(12)17-10-18-14/h5-6,9-10H,3-4,7-8,15H2,1-2H3,(H,16,17,18). The molecule has 0 spiro atoms. The fourth-order valence-corrected chi connectivity index (χ4v) is 2.09. The molecule has 5 heteroatoms. The van der Waals surface area contributed by atoms with Crippen molar-refractivity contribution in [3.8, 4) is 0 Å². The Bertz CT molecular complexity index is 536.